The van der Waals surface area contributed by atoms with Crippen molar-refractivity contribution in [1.29, 1.82) is 0 Å². The molecule has 354 valence electrons. The topological polar surface area (TPSA) is 160 Å². The van der Waals surface area contributed by atoms with E-state index in [0.717, 1.165) is 70.9 Å². The molecule has 0 spiro atoms. The number of sulfonamides is 1. The summed E-state index contributed by atoms with van der Waals surface area (Å²) in [6.07, 6.45) is 7.65. The summed E-state index contributed by atoms with van der Waals surface area (Å²) in [7, 11) is -4.67. The Morgan fingerprint density at radius 1 is 0.925 bits per heavy atom. The zero-order valence-corrected chi connectivity index (χ0v) is 39.3. The van der Waals surface area contributed by atoms with Gasteiger partial charge < -0.3 is 24.1 Å². The van der Waals surface area contributed by atoms with Gasteiger partial charge in [0.15, 0.2) is 17.3 Å². The number of hydrogen-bond donors (Lipinski definition) is 2. The number of aromatic nitrogens is 1. The fourth-order valence-corrected chi connectivity index (χ4v) is 11.0. The molecular weight excluding hydrogens is 899 g/mol. The number of benzene rings is 4. The number of rotatable bonds is 13. The highest BCUT2D eigenvalue weighted by atomic mass is 35.5. The first-order chi connectivity index (χ1) is 32.2. The molecular formula is C50H56ClFN6O8S. The number of allylic oxidation sites excluding steroid dienone is 1. The monoisotopic (exact) mass is 954 g/mol. The number of nitrogens with zero attached hydrogens (tertiary/aromatic N) is 4. The smallest absolute Gasteiger partial charge is 0.312 e. The SMILES string of the molecule is CC1(C)CCC(CN2CCN(c3ccc(C(=O)NS(=O)(=O)c4ccc(O[C@H]5CC[C@H](N6CCOCC6)CC5)c([N+](=O)[O-])c4)c(Oc4cc5cc[nH]c5cc4F)c3)CC2)=C(c2ccc(Cl)cc2)C1. The van der Waals surface area contributed by atoms with E-state index in [4.69, 9.17) is 25.8 Å². The number of H-pyrrole nitrogens is 1. The maximum Gasteiger partial charge on any atom is 0.312 e. The first-order valence-corrected chi connectivity index (χ1v) is 24.9. The minimum Gasteiger partial charge on any atom is -0.484 e. The number of carbonyl (C=O) groups excluding carboxylic acids is 1. The second-order valence-corrected chi connectivity index (χ2v) is 21.0. The molecule has 2 aliphatic heterocycles. The predicted molar refractivity (Wildman–Crippen MR) is 256 cm³/mol. The highest BCUT2D eigenvalue weighted by Gasteiger charge is 2.33. The number of nitrogens with one attached hydrogen (secondary N) is 2. The van der Waals surface area contributed by atoms with E-state index in [9.17, 15) is 23.3 Å². The van der Waals surface area contributed by atoms with Crippen LogP contribution in [0, 0.1) is 21.3 Å². The average Bonchev–Trinajstić information content (AvgIpc) is 3.77. The molecule has 0 radical (unpaired) electrons. The van der Waals surface area contributed by atoms with Gasteiger partial charge in [0.25, 0.3) is 15.9 Å². The van der Waals surface area contributed by atoms with Crippen LogP contribution in [-0.2, 0) is 14.8 Å². The van der Waals surface area contributed by atoms with Crippen molar-refractivity contribution in [3.63, 3.8) is 0 Å². The van der Waals surface area contributed by atoms with Crippen LogP contribution in [0.4, 0.5) is 15.8 Å². The molecule has 1 saturated carbocycles. The van der Waals surface area contributed by atoms with Gasteiger partial charge in [0, 0.05) is 97.9 Å². The van der Waals surface area contributed by atoms with E-state index in [1.165, 1.54) is 47.0 Å². The molecule has 3 heterocycles. The number of morpholine rings is 1. The molecule has 2 saturated heterocycles. The zero-order valence-electron chi connectivity index (χ0n) is 37.8. The summed E-state index contributed by atoms with van der Waals surface area (Å²) in [5.41, 5.74) is 4.78. The van der Waals surface area contributed by atoms with Crippen LogP contribution >= 0.6 is 11.6 Å². The number of halogens is 2. The van der Waals surface area contributed by atoms with Crippen molar-refractivity contribution >= 4 is 55.4 Å². The Labute approximate surface area is 395 Å². The van der Waals surface area contributed by atoms with Crippen molar-refractivity contribution in [2.45, 2.75) is 75.8 Å². The lowest BCUT2D eigenvalue weighted by Crippen LogP contribution is -2.47. The molecule has 4 aromatic carbocycles. The number of carbonyl (C=O) groups is 1. The van der Waals surface area contributed by atoms with Crippen LogP contribution in [0.5, 0.6) is 17.2 Å². The Bertz CT molecular complexity index is 2780. The van der Waals surface area contributed by atoms with Crippen molar-refractivity contribution < 1.29 is 36.7 Å². The second-order valence-electron chi connectivity index (χ2n) is 18.8. The summed E-state index contributed by atoms with van der Waals surface area (Å²) in [5.74, 6) is -2.02. The van der Waals surface area contributed by atoms with Gasteiger partial charge in [0.2, 0.25) is 0 Å². The molecule has 5 aromatic rings. The third-order valence-electron chi connectivity index (χ3n) is 13.7. The van der Waals surface area contributed by atoms with E-state index >= 15 is 4.39 Å². The van der Waals surface area contributed by atoms with Crippen molar-refractivity contribution in [1.82, 2.24) is 19.5 Å². The van der Waals surface area contributed by atoms with Crippen LogP contribution in [-0.4, -0.2) is 105 Å². The Hall–Kier alpha value is -5.52. The molecule has 0 unspecified atom stereocenters. The number of nitro groups is 1. The summed E-state index contributed by atoms with van der Waals surface area (Å²) in [5, 5.41) is 13.7. The number of piperazine rings is 1. The molecule has 9 rings (SSSR count). The maximum absolute atomic E-state index is 15.5. The number of anilines is 1. The molecule has 0 atom stereocenters. The fraction of sp³-hybridized carbons (Fsp3) is 0.420. The molecule has 0 bridgehead atoms. The fourth-order valence-electron chi connectivity index (χ4n) is 9.92. The Kier molecular flexibility index (Phi) is 13.6. The van der Waals surface area contributed by atoms with Gasteiger partial charge in [-0.1, -0.05) is 43.2 Å². The molecule has 2 N–H and O–H groups in total. The van der Waals surface area contributed by atoms with E-state index in [1.54, 1.807) is 24.4 Å². The number of hydrogen-bond acceptors (Lipinski definition) is 11. The number of aromatic amines is 1. The van der Waals surface area contributed by atoms with E-state index in [1.807, 2.05) is 12.1 Å². The normalized spacial score (nSPS) is 20.7. The number of nitro benzene ring substituents is 1. The van der Waals surface area contributed by atoms with Gasteiger partial charge >= 0.3 is 5.69 Å². The highest BCUT2D eigenvalue weighted by Crippen LogP contribution is 2.44. The van der Waals surface area contributed by atoms with Crippen molar-refractivity contribution in [2.75, 3.05) is 63.9 Å². The van der Waals surface area contributed by atoms with Crippen molar-refractivity contribution in [3.8, 4) is 17.2 Å². The van der Waals surface area contributed by atoms with Crippen LogP contribution in [0.1, 0.15) is 74.7 Å². The van der Waals surface area contributed by atoms with E-state index in [2.05, 4.69) is 50.4 Å². The van der Waals surface area contributed by atoms with Gasteiger partial charge in [0.1, 0.15) is 5.75 Å². The van der Waals surface area contributed by atoms with Crippen molar-refractivity contribution in [2.24, 2.45) is 5.41 Å². The largest absolute Gasteiger partial charge is 0.484 e. The highest BCUT2D eigenvalue weighted by molar-refractivity contribution is 7.90. The summed E-state index contributed by atoms with van der Waals surface area (Å²) in [4.78, 5) is 35.1. The summed E-state index contributed by atoms with van der Waals surface area (Å²) < 4.78 is 63.0. The quantitative estimate of drug-likeness (QED) is 0.0855. The van der Waals surface area contributed by atoms with Gasteiger partial charge in [-0.05, 0) is 110 Å². The third-order valence-corrected chi connectivity index (χ3v) is 15.3. The summed E-state index contributed by atoms with van der Waals surface area (Å²) in [6.45, 7) is 11.5. The Morgan fingerprint density at radius 3 is 2.40 bits per heavy atom. The van der Waals surface area contributed by atoms with E-state index < -0.39 is 37.3 Å². The molecule has 1 aromatic heterocycles. The number of amides is 1. The van der Waals surface area contributed by atoms with Crippen LogP contribution in [0.15, 0.2) is 95.5 Å². The summed E-state index contributed by atoms with van der Waals surface area (Å²) >= 11 is 6.24. The van der Waals surface area contributed by atoms with Gasteiger partial charge in [-0.15, -0.1) is 0 Å². The summed E-state index contributed by atoms with van der Waals surface area (Å²) in [6, 6.07) is 21.2. The Balaban J connectivity index is 0.917. The first kappa shape index (κ1) is 46.6. The van der Waals surface area contributed by atoms with Gasteiger partial charge in [0.05, 0.1) is 34.7 Å². The van der Waals surface area contributed by atoms with E-state index in [-0.39, 0.29) is 34.3 Å². The first-order valence-electron chi connectivity index (χ1n) is 23.0. The molecule has 17 heteroatoms. The van der Waals surface area contributed by atoms with Gasteiger partial charge in [-0.3, -0.25) is 24.7 Å². The Morgan fingerprint density at radius 2 is 1.67 bits per heavy atom. The molecule has 4 aliphatic rings. The second kappa shape index (κ2) is 19.6. The average molecular weight is 956 g/mol. The molecule has 3 fully saturated rings. The predicted octanol–water partition coefficient (Wildman–Crippen LogP) is 9.59. The molecule has 67 heavy (non-hydrogen) atoms. The van der Waals surface area contributed by atoms with E-state index in [0.29, 0.717) is 66.8 Å². The lowest BCUT2D eigenvalue weighted by molar-refractivity contribution is -0.386. The number of fused-ring (bicyclic) bond motifs is 1. The molecule has 14 nitrogen and oxygen atoms in total. The molecule has 1 amide bonds. The number of ether oxygens (including phenoxy) is 3. The third kappa shape index (κ3) is 10.8. The van der Waals surface area contributed by atoms with Crippen LogP contribution in [0.3, 0.4) is 0 Å². The van der Waals surface area contributed by atoms with Crippen molar-refractivity contribution in [3.05, 3.63) is 123 Å². The lowest BCUT2D eigenvalue weighted by Gasteiger charge is -2.39. The van der Waals surface area contributed by atoms with Crippen LogP contribution in [0.25, 0.3) is 16.5 Å². The standard InChI is InChI=1S/C50H56ClFN6O8S/c1-50(2)17-15-35(42(31-50)33-3-5-36(51)6-4-33)32-55-19-21-56(22-20-55)38-9-13-41(47(28-38)66-48-27-34-16-18-53-44(34)30-43(48)52)49(59)54-67(62,63)40-12-14-46(45(29-40)58(60)61)65-39-10-7-37(8-11-39)57-23-25-64-26-24-57/h3-6,9,12-14,16,18,27-30,37,39,53H,7-8,10-11,15,17,19-26,31-32H2,1-2H3,(H,54,59)/t37-,39-. The lowest BCUT2D eigenvalue weighted by atomic mass is 9.72. The van der Waals surface area contributed by atoms with Gasteiger partial charge in [-0.2, -0.15) is 0 Å². The molecule has 2 aliphatic carbocycles. The minimum atomic E-state index is -4.67. The maximum atomic E-state index is 15.5. The zero-order chi connectivity index (χ0) is 46.9. The van der Waals surface area contributed by atoms with Crippen LogP contribution in [0.2, 0.25) is 5.02 Å². The minimum absolute atomic E-state index is 0.0450. The van der Waals surface area contributed by atoms with Gasteiger partial charge in [-0.25, -0.2) is 17.5 Å². The van der Waals surface area contributed by atoms with Crippen LogP contribution < -0.4 is 19.1 Å².